The lowest BCUT2D eigenvalue weighted by Gasteiger charge is -2.05. The predicted octanol–water partition coefficient (Wildman–Crippen LogP) is 4.27. The molecule has 2 aromatic carbocycles. The Bertz CT molecular complexity index is 1220. The van der Waals surface area contributed by atoms with E-state index in [1.807, 2.05) is 41.8 Å². The number of hydrogen-bond donors (Lipinski definition) is 0. The average Bonchev–Trinajstić information content (AvgIpc) is 3.20. The maximum Gasteiger partial charge on any atom is 0.241 e. The Morgan fingerprint density at radius 1 is 0.958 bits per heavy atom. The van der Waals surface area contributed by atoms with Gasteiger partial charge in [0.1, 0.15) is 11.5 Å². The van der Waals surface area contributed by atoms with Gasteiger partial charge in [0.05, 0.1) is 11.2 Å². The molecule has 5 nitrogen and oxygen atoms in total. The number of aromatic nitrogens is 5. The van der Waals surface area contributed by atoms with Gasteiger partial charge in [0, 0.05) is 21.6 Å². The highest BCUT2D eigenvalue weighted by Crippen LogP contribution is 2.27. The second-order valence-electron chi connectivity index (χ2n) is 5.73. The molecule has 116 valence electrons. The SMILES string of the molecule is Cc1nnc2n3cc(-c4ccc(Br)cc4)nc3c3ccccc3n12. The van der Waals surface area contributed by atoms with Gasteiger partial charge in [0.15, 0.2) is 0 Å². The molecule has 5 aromatic rings. The number of aryl methyl sites for hydroxylation is 1. The highest BCUT2D eigenvalue weighted by Gasteiger charge is 2.15. The summed E-state index contributed by atoms with van der Waals surface area (Å²) in [6.07, 6.45) is 2.02. The molecule has 0 aliphatic rings. The molecule has 0 saturated carbocycles. The molecular formula is C18H12BrN5. The molecule has 3 aromatic heterocycles. The summed E-state index contributed by atoms with van der Waals surface area (Å²) in [7, 11) is 0. The van der Waals surface area contributed by atoms with Crippen molar-refractivity contribution < 1.29 is 0 Å². The Hall–Kier alpha value is -2.73. The maximum absolute atomic E-state index is 4.87. The van der Waals surface area contributed by atoms with Crippen molar-refractivity contribution in [3.63, 3.8) is 0 Å². The smallest absolute Gasteiger partial charge is 0.241 e. The summed E-state index contributed by atoms with van der Waals surface area (Å²) in [5, 5.41) is 9.67. The minimum atomic E-state index is 0.775. The van der Waals surface area contributed by atoms with Crippen molar-refractivity contribution >= 4 is 38.3 Å². The van der Waals surface area contributed by atoms with Crippen LogP contribution < -0.4 is 0 Å². The summed E-state index contributed by atoms with van der Waals surface area (Å²) in [6.45, 7) is 1.96. The molecule has 0 spiro atoms. The van der Waals surface area contributed by atoms with Crippen molar-refractivity contribution in [2.75, 3.05) is 0 Å². The third-order valence-electron chi connectivity index (χ3n) is 4.26. The van der Waals surface area contributed by atoms with Gasteiger partial charge < -0.3 is 0 Å². The molecule has 0 radical (unpaired) electrons. The monoisotopic (exact) mass is 377 g/mol. The molecule has 0 bridgehead atoms. The molecule has 0 unspecified atom stereocenters. The Kier molecular flexibility index (Phi) is 2.78. The average molecular weight is 378 g/mol. The standard InChI is InChI=1S/C18H12BrN5/c1-11-21-22-18-23-10-15(12-6-8-13(19)9-7-12)20-17(23)14-4-2-3-5-16(14)24(11)18/h2-10H,1H3. The van der Waals surface area contributed by atoms with Gasteiger partial charge in [-0.1, -0.05) is 40.2 Å². The van der Waals surface area contributed by atoms with Gasteiger partial charge in [-0.05, 0) is 31.2 Å². The molecule has 0 N–H and O–H groups in total. The molecule has 3 heterocycles. The zero-order valence-electron chi connectivity index (χ0n) is 12.8. The quantitative estimate of drug-likeness (QED) is 0.438. The van der Waals surface area contributed by atoms with E-state index in [1.54, 1.807) is 0 Å². The van der Waals surface area contributed by atoms with Crippen LogP contribution in [0.1, 0.15) is 5.82 Å². The van der Waals surface area contributed by atoms with Crippen LogP contribution in [-0.2, 0) is 0 Å². The van der Waals surface area contributed by atoms with Crippen LogP contribution in [0.2, 0.25) is 0 Å². The van der Waals surface area contributed by atoms with Gasteiger partial charge in [-0.2, -0.15) is 0 Å². The summed E-state index contributed by atoms with van der Waals surface area (Å²) in [5.74, 6) is 1.64. The molecule has 0 aliphatic heterocycles. The molecular weight excluding hydrogens is 366 g/mol. The Morgan fingerprint density at radius 3 is 2.58 bits per heavy atom. The summed E-state index contributed by atoms with van der Waals surface area (Å²) in [6, 6.07) is 16.4. The van der Waals surface area contributed by atoms with Crippen molar-refractivity contribution in [3.05, 3.63) is 65.0 Å². The van der Waals surface area contributed by atoms with E-state index in [4.69, 9.17) is 4.98 Å². The highest BCUT2D eigenvalue weighted by atomic mass is 79.9. The van der Waals surface area contributed by atoms with Crippen LogP contribution in [0.4, 0.5) is 0 Å². The van der Waals surface area contributed by atoms with Gasteiger partial charge in [0.2, 0.25) is 5.78 Å². The van der Waals surface area contributed by atoms with Crippen LogP contribution in [0.25, 0.3) is 33.6 Å². The molecule has 0 amide bonds. The Morgan fingerprint density at radius 2 is 1.75 bits per heavy atom. The zero-order valence-corrected chi connectivity index (χ0v) is 14.4. The normalized spacial score (nSPS) is 11.8. The molecule has 0 aliphatic carbocycles. The zero-order chi connectivity index (χ0) is 16.3. The minimum absolute atomic E-state index is 0.775. The van der Waals surface area contributed by atoms with Crippen LogP contribution in [-0.4, -0.2) is 24.0 Å². The van der Waals surface area contributed by atoms with Crippen LogP contribution in [0.5, 0.6) is 0 Å². The fourth-order valence-corrected chi connectivity index (χ4v) is 3.39. The van der Waals surface area contributed by atoms with Gasteiger partial charge in [-0.25, -0.2) is 4.98 Å². The number of halogens is 1. The van der Waals surface area contributed by atoms with Crippen LogP contribution in [0.3, 0.4) is 0 Å². The molecule has 0 fully saturated rings. The van der Waals surface area contributed by atoms with Gasteiger partial charge in [0.25, 0.3) is 0 Å². The molecule has 24 heavy (non-hydrogen) atoms. The first-order valence-corrected chi connectivity index (χ1v) is 8.39. The summed E-state index contributed by atoms with van der Waals surface area (Å²) in [5.41, 5.74) is 3.95. The Labute approximate surface area is 145 Å². The van der Waals surface area contributed by atoms with Crippen molar-refractivity contribution in [2.24, 2.45) is 0 Å². The summed E-state index contributed by atoms with van der Waals surface area (Å²) >= 11 is 3.47. The number of nitrogens with zero attached hydrogens (tertiary/aromatic N) is 5. The molecule has 6 heteroatoms. The van der Waals surface area contributed by atoms with Gasteiger partial charge in [-0.3, -0.25) is 8.80 Å². The second kappa shape index (κ2) is 4.88. The first kappa shape index (κ1) is 13.7. The third-order valence-corrected chi connectivity index (χ3v) is 4.78. The number of imidazole rings is 1. The number of rotatable bonds is 1. The van der Waals surface area contributed by atoms with Crippen molar-refractivity contribution in [1.82, 2.24) is 24.0 Å². The first-order chi connectivity index (χ1) is 11.7. The van der Waals surface area contributed by atoms with Crippen molar-refractivity contribution in [3.8, 4) is 11.3 Å². The van der Waals surface area contributed by atoms with E-state index in [1.165, 1.54) is 0 Å². The Balaban J connectivity index is 1.94. The van der Waals surface area contributed by atoms with E-state index < -0.39 is 0 Å². The fraction of sp³-hybridized carbons (Fsp3) is 0.0556. The summed E-state index contributed by atoms with van der Waals surface area (Å²) < 4.78 is 5.13. The van der Waals surface area contributed by atoms with Crippen LogP contribution in [0.15, 0.2) is 59.2 Å². The van der Waals surface area contributed by atoms with E-state index in [0.29, 0.717) is 0 Å². The van der Waals surface area contributed by atoms with E-state index in [-0.39, 0.29) is 0 Å². The largest absolute Gasteiger partial charge is 0.267 e. The van der Waals surface area contributed by atoms with Crippen LogP contribution in [0, 0.1) is 6.92 Å². The van der Waals surface area contributed by atoms with Crippen molar-refractivity contribution in [1.29, 1.82) is 0 Å². The molecule has 0 saturated heterocycles. The minimum Gasteiger partial charge on any atom is -0.267 e. The second-order valence-corrected chi connectivity index (χ2v) is 6.64. The van der Waals surface area contributed by atoms with Gasteiger partial charge in [-0.15, -0.1) is 10.2 Å². The number of benzene rings is 2. The van der Waals surface area contributed by atoms with E-state index >= 15 is 0 Å². The maximum atomic E-state index is 4.87. The third kappa shape index (κ3) is 1.83. The van der Waals surface area contributed by atoms with Gasteiger partial charge >= 0.3 is 0 Å². The first-order valence-electron chi connectivity index (χ1n) is 7.60. The number of hydrogen-bond acceptors (Lipinski definition) is 3. The van der Waals surface area contributed by atoms with E-state index in [9.17, 15) is 0 Å². The molecule has 0 atom stereocenters. The lowest BCUT2D eigenvalue weighted by atomic mass is 10.2. The predicted molar refractivity (Wildman–Crippen MR) is 97.1 cm³/mol. The fourth-order valence-electron chi connectivity index (χ4n) is 3.13. The van der Waals surface area contributed by atoms with E-state index in [2.05, 4.69) is 54.8 Å². The topological polar surface area (TPSA) is 47.5 Å². The molecule has 5 rings (SSSR count). The van der Waals surface area contributed by atoms with E-state index in [0.717, 1.165) is 43.9 Å². The van der Waals surface area contributed by atoms with Crippen LogP contribution >= 0.6 is 15.9 Å². The lowest BCUT2D eigenvalue weighted by Crippen LogP contribution is -1.98. The lowest BCUT2D eigenvalue weighted by molar-refractivity contribution is 1.02. The number of fused-ring (bicyclic) bond motifs is 6. The number of para-hydroxylation sites is 1. The van der Waals surface area contributed by atoms with Crippen molar-refractivity contribution in [2.45, 2.75) is 6.92 Å². The highest BCUT2D eigenvalue weighted by molar-refractivity contribution is 9.10. The summed E-state index contributed by atoms with van der Waals surface area (Å²) in [4.78, 5) is 4.87.